The number of nitrogens with two attached hydrogens (primary N) is 1. The summed E-state index contributed by atoms with van der Waals surface area (Å²) in [4.78, 5) is 0. The second-order valence-electron chi connectivity index (χ2n) is 3.45. The Bertz CT molecular complexity index is 462. The molecule has 0 aliphatic heterocycles. The first-order valence-corrected chi connectivity index (χ1v) is 4.78. The van der Waals surface area contributed by atoms with E-state index in [2.05, 4.69) is 5.10 Å². The van der Waals surface area contributed by atoms with Crippen LogP contribution < -0.4 is 5.73 Å². The van der Waals surface area contributed by atoms with Gasteiger partial charge in [0, 0.05) is 12.2 Å². The average molecular weight is 203 g/mol. The highest BCUT2D eigenvalue weighted by Gasteiger charge is 2.10. The molecule has 1 heterocycles. The van der Waals surface area contributed by atoms with Crippen LogP contribution in [0.3, 0.4) is 0 Å². The van der Waals surface area contributed by atoms with Crippen LogP contribution in [0.1, 0.15) is 18.7 Å². The van der Waals surface area contributed by atoms with Crippen LogP contribution in [-0.2, 0) is 0 Å². The maximum atomic E-state index is 9.69. The fourth-order valence-corrected chi connectivity index (χ4v) is 1.50. The molecule has 1 atom stereocenters. The molecule has 78 valence electrons. The molecule has 15 heavy (non-hydrogen) atoms. The van der Waals surface area contributed by atoms with Gasteiger partial charge in [-0.1, -0.05) is 12.1 Å². The van der Waals surface area contributed by atoms with Crippen LogP contribution in [0.4, 0.5) is 0 Å². The molecule has 0 radical (unpaired) electrons. The number of phenolic OH excluding ortho intramolecular Hbond substituents is 1. The monoisotopic (exact) mass is 203 g/mol. The summed E-state index contributed by atoms with van der Waals surface area (Å²) in [6, 6.07) is 8.77. The number of aromatic hydroxyl groups is 1. The van der Waals surface area contributed by atoms with Gasteiger partial charge in [-0.15, -0.1) is 0 Å². The molecule has 0 aliphatic rings. The largest absolute Gasteiger partial charge is 0.506 e. The van der Waals surface area contributed by atoms with E-state index in [-0.39, 0.29) is 11.8 Å². The molecule has 0 amide bonds. The molecular formula is C11H13N3O. The summed E-state index contributed by atoms with van der Waals surface area (Å²) in [7, 11) is 0. The van der Waals surface area contributed by atoms with Crippen LogP contribution in [0, 0.1) is 0 Å². The first-order chi connectivity index (χ1) is 7.20. The molecule has 0 aliphatic carbocycles. The highest BCUT2D eigenvalue weighted by Crippen LogP contribution is 2.23. The number of phenols is 1. The third-order valence-electron chi connectivity index (χ3n) is 2.25. The van der Waals surface area contributed by atoms with Crippen LogP contribution in [0.2, 0.25) is 0 Å². The number of benzene rings is 1. The molecule has 0 bridgehead atoms. The van der Waals surface area contributed by atoms with E-state index >= 15 is 0 Å². The lowest BCUT2D eigenvalue weighted by Crippen LogP contribution is -2.12. The van der Waals surface area contributed by atoms with Crippen molar-refractivity contribution in [1.29, 1.82) is 0 Å². The van der Waals surface area contributed by atoms with Crippen LogP contribution in [-0.4, -0.2) is 14.9 Å². The van der Waals surface area contributed by atoms with E-state index in [9.17, 15) is 5.11 Å². The summed E-state index contributed by atoms with van der Waals surface area (Å²) >= 11 is 0. The quantitative estimate of drug-likeness (QED) is 0.779. The van der Waals surface area contributed by atoms with Gasteiger partial charge in [-0.05, 0) is 25.1 Å². The van der Waals surface area contributed by atoms with Gasteiger partial charge in [-0.3, -0.25) is 0 Å². The molecule has 0 spiro atoms. The number of hydrogen-bond acceptors (Lipinski definition) is 3. The molecule has 1 unspecified atom stereocenters. The molecule has 1 aromatic carbocycles. The van der Waals surface area contributed by atoms with Gasteiger partial charge < -0.3 is 10.8 Å². The van der Waals surface area contributed by atoms with E-state index < -0.39 is 0 Å². The summed E-state index contributed by atoms with van der Waals surface area (Å²) < 4.78 is 1.65. The fraction of sp³-hybridized carbons (Fsp3) is 0.182. The minimum atomic E-state index is -0.118. The average Bonchev–Trinajstić information content (AvgIpc) is 2.67. The van der Waals surface area contributed by atoms with Gasteiger partial charge in [0.25, 0.3) is 0 Å². The van der Waals surface area contributed by atoms with E-state index in [1.807, 2.05) is 19.1 Å². The normalized spacial score (nSPS) is 12.7. The molecule has 0 fully saturated rings. The molecule has 4 nitrogen and oxygen atoms in total. The van der Waals surface area contributed by atoms with E-state index in [0.29, 0.717) is 5.69 Å². The Hall–Kier alpha value is -1.81. The molecular weight excluding hydrogens is 190 g/mol. The summed E-state index contributed by atoms with van der Waals surface area (Å²) in [5, 5.41) is 13.8. The third-order valence-corrected chi connectivity index (χ3v) is 2.25. The lowest BCUT2D eigenvalue weighted by atomic mass is 10.2. The summed E-state index contributed by atoms with van der Waals surface area (Å²) in [6.07, 6.45) is 1.67. The van der Waals surface area contributed by atoms with Gasteiger partial charge >= 0.3 is 0 Å². The Morgan fingerprint density at radius 3 is 2.73 bits per heavy atom. The topological polar surface area (TPSA) is 64.1 Å². The van der Waals surface area contributed by atoms with Crippen molar-refractivity contribution in [3.8, 4) is 11.4 Å². The van der Waals surface area contributed by atoms with Crippen LogP contribution in [0.5, 0.6) is 5.75 Å². The highest BCUT2D eigenvalue weighted by molar-refractivity contribution is 5.45. The SMILES string of the molecule is CC(N)c1ccnn1-c1ccccc1O. The Morgan fingerprint density at radius 1 is 1.33 bits per heavy atom. The van der Waals surface area contributed by atoms with Gasteiger partial charge in [0.05, 0.1) is 5.69 Å². The van der Waals surface area contributed by atoms with Gasteiger partial charge in [-0.2, -0.15) is 5.10 Å². The zero-order valence-corrected chi connectivity index (χ0v) is 8.46. The number of aromatic nitrogens is 2. The molecule has 2 rings (SSSR count). The Labute approximate surface area is 88.0 Å². The first kappa shape index (κ1) is 9.73. The summed E-state index contributed by atoms with van der Waals surface area (Å²) in [5.74, 6) is 0.197. The van der Waals surface area contributed by atoms with Gasteiger partial charge in [0.15, 0.2) is 0 Å². The van der Waals surface area contributed by atoms with Crippen molar-refractivity contribution < 1.29 is 5.11 Å². The second-order valence-corrected chi connectivity index (χ2v) is 3.45. The zero-order valence-electron chi connectivity index (χ0n) is 8.46. The van der Waals surface area contributed by atoms with Crippen LogP contribution >= 0.6 is 0 Å². The van der Waals surface area contributed by atoms with Crippen molar-refractivity contribution in [2.24, 2.45) is 5.73 Å². The maximum Gasteiger partial charge on any atom is 0.141 e. The molecule has 0 saturated carbocycles. The predicted octanol–water partition coefficient (Wildman–Crippen LogP) is 1.60. The van der Waals surface area contributed by atoms with Gasteiger partial charge in [0.1, 0.15) is 11.4 Å². The van der Waals surface area contributed by atoms with E-state index in [1.54, 1.807) is 29.1 Å². The van der Waals surface area contributed by atoms with Crippen molar-refractivity contribution in [1.82, 2.24) is 9.78 Å². The fourth-order valence-electron chi connectivity index (χ4n) is 1.50. The van der Waals surface area contributed by atoms with Gasteiger partial charge in [0.2, 0.25) is 0 Å². The maximum absolute atomic E-state index is 9.69. The van der Waals surface area contributed by atoms with Crippen LogP contribution in [0.25, 0.3) is 5.69 Å². The molecule has 1 aromatic heterocycles. The zero-order chi connectivity index (χ0) is 10.8. The van der Waals surface area contributed by atoms with Crippen molar-refractivity contribution in [3.05, 3.63) is 42.2 Å². The lowest BCUT2D eigenvalue weighted by molar-refractivity contribution is 0.469. The predicted molar refractivity (Wildman–Crippen MR) is 57.8 cm³/mol. The smallest absolute Gasteiger partial charge is 0.141 e. The first-order valence-electron chi connectivity index (χ1n) is 4.78. The molecule has 0 saturated heterocycles. The van der Waals surface area contributed by atoms with E-state index in [1.165, 1.54) is 0 Å². The van der Waals surface area contributed by atoms with E-state index in [0.717, 1.165) is 5.69 Å². The Balaban J connectivity index is 2.55. The second kappa shape index (κ2) is 3.74. The third kappa shape index (κ3) is 1.71. The number of nitrogens with zero attached hydrogens (tertiary/aromatic N) is 2. The van der Waals surface area contributed by atoms with Crippen LogP contribution in [0.15, 0.2) is 36.5 Å². The summed E-state index contributed by atoms with van der Waals surface area (Å²) in [6.45, 7) is 1.88. The van der Waals surface area contributed by atoms with Crippen molar-refractivity contribution in [2.75, 3.05) is 0 Å². The highest BCUT2D eigenvalue weighted by atomic mass is 16.3. The van der Waals surface area contributed by atoms with Crippen molar-refractivity contribution in [3.63, 3.8) is 0 Å². The van der Waals surface area contributed by atoms with E-state index in [4.69, 9.17) is 5.73 Å². The minimum absolute atomic E-state index is 0.118. The molecule has 4 heteroatoms. The lowest BCUT2D eigenvalue weighted by Gasteiger charge is -2.11. The number of rotatable bonds is 2. The van der Waals surface area contributed by atoms with Crippen molar-refractivity contribution in [2.45, 2.75) is 13.0 Å². The minimum Gasteiger partial charge on any atom is -0.506 e. The molecule has 2 aromatic rings. The Kier molecular flexibility index (Phi) is 2.43. The standard InChI is InChI=1S/C11H13N3O/c1-8(12)9-6-7-13-14(9)10-4-2-3-5-11(10)15/h2-8,15H,12H2,1H3. The molecule has 3 N–H and O–H groups in total. The number of hydrogen-bond donors (Lipinski definition) is 2. The summed E-state index contributed by atoms with van der Waals surface area (Å²) in [5.41, 5.74) is 7.32. The Morgan fingerprint density at radius 2 is 2.07 bits per heavy atom. The number of para-hydroxylation sites is 2. The van der Waals surface area contributed by atoms with Crippen molar-refractivity contribution >= 4 is 0 Å². The van der Waals surface area contributed by atoms with Gasteiger partial charge in [-0.25, -0.2) is 4.68 Å².